The van der Waals surface area contributed by atoms with E-state index in [1.54, 1.807) is 19.1 Å². The molecule has 0 atom stereocenters. The summed E-state index contributed by atoms with van der Waals surface area (Å²) >= 11 is 0. The van der Waals surface area contributed by atoms with E-state index < -0.39 is 0 Å². The number of aryl methyl sites for hydroxylation is 3. The molecule has 0 aliphatic rings. The third-order valence-corrected chi connectivity index (χ3v) is 2.90. The van der Waals surface area contributed by atoms with E-state index in [0.29, 0.717) is 34.9 Å². The van der Waals surface area contributed by atoms with E-state index in [9.17, 15) is 4.79 Å². The lowest BCUT2D eigenvalue weighted by atomic mass is 10.1. The zero-order valence-corrected chi connectivity index (χ0v) is 11.8. The summed E-state index contributed by atoms with van der Waals surface area (Å²) in [5.74, 6) is 0.265. The number of hydrogen-bond donors (Lipinski definition) is 2. The first kappa shape index (κ1) is 13.9. The molecule has 0 bridgehead atoms. The molecule has 0 spiro atoms. The van der Waals surface area contributed by atoms with Crippen molar-refractivity contribution in [2.24, 2.45) is 0 Å². The summed E-state index contributed by atoms with van der Waals surface area (Å²) in [6.45, 7) is 5.58. The number of pyridine rings is 1. The van der Waals surface area contributed by atoms with Crippen LogP contribution in [0, 0.1) is 13.8 Å². The van der Waals surface area contributed by atoms with Crippen LogP contribution in [0.25, 0.3) is 0 Å². The molecule has 1 amide bonds. The SMILES string of the molecule is CCc1nnc(C)cc1C(=O)Nc1ncc(N)cc1C. The van der Waals surface area contributed by atoms with E-state index in [-0.39, 0.29) is 5.91 Å². The summed E-state index contributed by atoms with van der Waals surface area (Å²) in [4.78, 5) is 16.5. The minimum atomic E-state index is -0.236. The number of amides is 1. The number of anilines is 2. The highest BCUT2D eigenvalue weighted by Gasteiger charge is 2.14. The second-order valence-electron chi connectivity index (χ2n) is 4.59. The Labute approximate surface area is 117 Å². The standard InChI is InChI=1S/C14H17N5O/c1-4-12-11(6-9(3)18-19-12)14(20)17-13-8(2)5-10(15)7-16-13/h5-7H,4,15H2,1-3H3,(H,16,17,20). The molecule has 0 saturated heterocycles. The molecule has 2 aromatic rings. The van der Waals surface area contributed by atoms with Crippen LogP contribution in [0.3, 0.4) is 0 Å². The van der Waals surface area contributed by atoms with Crippen molar-refractivity contribution in [2.75, 3.05) is 11.1 Å². The Balaban J connectivity index is 2.30. The van der Waals surface area contributed by atoms with Crippen LogP contribution in [0.1, 0.15) is 34.2 Å². The molecule has 0 aromatic carbocycles. The summed E-state index contributed by atoms with van der Waals surface area (Å²) in [7, 11) is 0. The molecular weight excluding hydrogens is 254 g/mol. The fourth-order valence-corrected chi connectivity index (χ4v) is 1.87. The third kappa shape index (κ3) is 2.90. The molecule has 0 saturated carbocycles. The highest BCUT2D eigenvalue weighted by molar-refractivity contribution is 6.04. The number of carbonyl (C=O) groups is 1. The van der Waals surface area contributed by atoms with Gasteiger partial charge in [-0.3, -0.25) is 4.79 Å². The van der Waals surface area contributed by atoms with Gasteiger partial charge in [0.25, 0.3) is 5.91 Å². The summed E-state index contributed by atoms with van der Waals surface area (Å²) in [5.41, 5.74) is 8.92. The van der Waals surface area contributed by atoms with Crippen LogP contribution < -0.4 is 11.1 Å². The smallest absolute Gasteiger partial charge is 0.258 e. The van der Waals surface area contributed by atoms with E-state index in [2.05, 4.69) is 20.5 Å². The molecular formula is C14H17N5O. The van der Waals surface area contributed by atoms with Crippen LogP contribution in [0.4, 0.5) is 11.5 Å². The fraction of sp³-hybridized carbons (Fsp3) is 0.286. The lowest BCUT2D eigenvalue weighted by Gasteiger charge is -2.10. The summed E-state index contributed by atoms with van der Waals surface area (Å²) < 4.78 is 0. The van der Waals surface area contributed by atoms with Gasteiger partial charge in [-0.25, -0.2) is 4.98 Å². The first-order chi connectivity index (χ1) is 9.51. The Bertz CT molecular complexity index is 654. The van der Waals surface area contributed by atoms with E-state index >= 15 is 0 Å². The van der Waals surface area contributed by atoms with Crippen molar-refractivity contribution < 1.29 is 4.79 Å². The number of nitrogens with two attached hydrogens (primary N) is 1. The molecule has 3 N–H and O–H groups in total. The van der Waals surface area contributed by atoms with Crippen molar-refractivity contribution in [3.63, 3.8) is 0 Å². The molecule has 0 aliphatic carbocycles. The van der Waals surface area contributed by atoms with Crippen molar-refractivity contribution in [1.82, 2.24) is 15.2 Å². The zero-order valence-electron chi connectivity index (χ0n) is 11.8. The highest BCUT2D eigenvalue weighted by atomic mass is 16.1. The molecule has 0 unspecified atom stereocenters. The van der Waals surface area contributed by atoms with Crippen molar-refractivity contribution in [2.45, 2.75) is 27.2 Å². The van der Waals surface area contributed by atoms with Crippen LogP contribution in [-0.2, 0) is 6.42 Å². The number of nitrogen functional groups attached to an aromatic ring is 1. The van der Waals surface area contributed by atoms with E-state index in [0.717, 1.165) is 5.56 Å². The normalized spacial score (nSPS) is 10.3. The van der Waals surface area contributed by atoms with Crippen LogP contribution in [-0.4, -0.2) is 21.1 Å². The molecule has 0 radical (unpaired) electrons. The quantitative estimate of drug-likeness (QED) is 0.889. The Morgan fingerprint density at radius 2 is 2.05 bits per heavy atom. The number of nitrogens with zero attached hydrogens (tertiary/aromatic N) is 3. The minimum Gasteiger partial charge on any atom is -0.397 e. The van der Waals surface area contributed by atoms with Gasteiger partial charge in [-0.2, -0.15) is 10.2 Å². The lowest BCUT2D eigenvalue weighted by molar-refractivity contribution is 0.102. The number of rotatable bonds is 3. The van der Waals surface area contributed by atoms with Gasteiger partial charge in [0.05, 0.1) is 28.8 Å². The van der Waals surface area contributed by atoms with Gasteiger partial charge in [0.2, 0.25) is 0 Å². The maximum Gasteiger partial charge on any atom is 0.258 e. The third-order valence-electron chi connectivity index (χ3n) is 2.90. The Morgan fingerprint density at radius 3 is 2.70 bits per heavy atom. The van der Waals surface area contributed by atoms with Gasteiger partial charge in [0, 0.05) is 0 Å². The lowest BCUT2D eigenvalue weighted by Crippen LogP contribution is -2.17. The predicted octanol–water partition coefficient (Wildman–Crippen LogP) is 1.89. The number of carbonyl (C=O) groups excluding carboxylic acids is 1. The van der Waals surface area contributed by atoms with Gasteiger partial charge < -0.3 is 11.1 Å². The van der Waals surface area contributed by atoms with Crippen LogP contribution in [0.2, 0.25) is 0 Å². The summed E-state index contributed by atoms with van der Waals surface area (Å²) in [6.07, 6.45) is 2.16. The van der Waals surface area contributed by atoms with Crippen molar-refractivity contribution in [3.05, 3.63) is 40.8 Å². The maximum atomic E-state index is 12.3. The minimum absolute atomic E-state index is 0.236. The fourth-order valence-electron chi connectivity index (χ4n) is 1.87. The van der Waals surface area contributed by atoms with Gasteiger partial charge in [-0.1, -0.05) is 6.92 Å². The second kappa shape index (κ2) is 5.64. The molecule has 6 nitrogen and oxygen atoms in total. The topological polar surface area (TPSA) is 93.8 Å². The molecule has 20 heavy (non-hydrogen) atoms. The monoisotopic (exact) mass is 271 g/mol. The molecule has 2 heterocycles. The van der Waals surface area contributed by atoms with Crippen LogP contribution in [0.15, 0.2) is 18.3 Å². The number of hydrogen-bond acceptors (Lipinski definition) is 5. The van der Waals surface area contributed by atoms with Gasteiger partial charge in [0.15, 0.2) is 0 Å². The Morgan fingerprint density at radius 1 is 1.30 bits per heavy atom. The summed E-state index contributed by atoms with van der Waals surface area (Å²) in [6, 6.07) is 3.49. The maximum absolute atomic E-state index is 12.3. The molecule has 2 aromatic heterocycles. The van der Waals surface area contributed by atoms with Gasteiger partial charge in [0.1, 0.15) is 5.82 Å². The molecule has 6 heteroatoms. The van der Waals surface area contributed by atoms with Crippen molar-refractivity contribution in [3.8, 4) is 0 Å². The largest absolute Gasteiger partial charge is 0.397 e. The first-order valence-corrected chi connectivity index (χ1v) is 6.38. The zero-order chi connectivity index (χ0) is 14.7. The van der Waals surface area contributed by atoms with Gasteiger partial charge in [-0.05, 0) is 38.0 Å². The molecule has 104 valence electrons. The predicted molar refractivity (Wildman–Crippen MR) is 77.5 cm³/mol. The Hall–Kier alpha value is -2.50. The highest BCUT2D eigenvalue weighted by Crippen LogP contribution is 2.16. The van der Waals surface area contributed by atoms with Gasteiger partial charge >= 0.3 is 0 Å². The van der Waals surface area contributed by atoms with E-state index in [1.165, 1.54) is 6.20 Å². The van der Waals surface area contributed by atoms with Crippen molar-refractivity contribution in [1.29, 1.82) is 0 Å². The summed E-state index contributed by atoms with van der Waals surface area (Å²) in [5, 5.41) is 10.8. The molecule has 2 rings (SSSR count). The molecule has 0 fully saturated rings. The van der Waals surface area contributed by atoms with Gasteiger partial charge in [-0.15, -0.1) is 0 Å². The first-order valence-electron chi connectivity index (χ1n) is 6.38. The van der Waals surface area contributed by atoms with Crippen LogP contribution >= 0.6 is 0 Å². The number of nitrogens with one attached hydrogen (secondary N) is 1. The molecule has 0 aliphatic heterocycles. The van der Waals surface area contributed by atoms with E-state index in [4.69, 9.17) is 5.73 Å². The average molecular weight is 271 g/mol. The van der Waals surface area contributed by atoms with E-state index in [1.807, 2.05) is 13.8 Å². The van der Waals surface area contributed by atoms with Crippen molar-refractivity contribution >= 4 is 17.4 Å². The van der Waals surface area contributed by atoms with Crippen LogP contribution in [0.5, 0.6) is 0 Å². The number of aromatic nitrogens is 3. The average Bonchev–Trinajstić information content (AvgIpc) is 2.41. The second-order valence-corrected chi connectivity index (χ2v) is 4.59. The Kier molecular flexibility index (Phi) is 3.93.